The zero-order chi connectivity index (χ0) is 41.7. The van der Waals surface area contributed by atoms with Gasteiger partial charge in [0.1, 0.15) is 5.58 Å². The summed E-state index contributed by atoms with van der Waals surface area (Å²) in [7, 11) is 0. The van der Waals surface area contributed by atoms with E-state index < -0.39 is 0 Å². The molecule has 12 rings (SSSR count). The number of aromatic nitrogens is 1. The minimum atomic E-state index is 0.840. The van der Waals surface area contributed by atoms with Gasteiger partial charge in [-0.05, 0) is 99.1 Å². The van der Waals surface area contributed by atoms with Crippen LogP contribution in [0.15, 0.2) is 247 Å². The topological polar surface area (TPSA) is 21.3 Å². The molecule has 0 unspecified atom stereocenters. The maximum atomic E-state index is 6.84. The second-order valence-corrected chi connectivity index (χ2v) is 16.0. The fourth-order valence-corrected chi connectivity index (χ4v) is 9.59. The van der Waals surface area contributed by atoms with Crippen molar-refractivity contribution in [1.82, 2.24) is 4.57 Å². The molecule has 0 aliphatic carbocycles. The first-order chi connectivity index (χ1) is 31.3. The van der Waals surface area contributed by atoms with Crippen LogP contribution in [0.4, 0.5) is 17.1 Å². The van der Waals surface area contributed by atoms with Crippen molar-refractivity contribution >= 4 is 60.8 Å². The van der Waals surface area contributed by atoms with E-state index in [1.165, 1.54) is 44.1 Å². The lowest BCUT2D eigenvalue weighted by Crippen LogP contribution is -2.11. The maximum absolute atomic E-state index is 6.84. The fourth-order valence-electron chi connectivity index (χ4n) is 9.59. The molecular formula is C60H40N2O. The predicted molar refractivity (Wildman–Crippen MR) is 264 cm³/mol. The molecule has 0 bridgehead atoms. The number of rotatable bonds is 8. The molecule has 0 aliphatic heterocycles. The Bertz CT molecular complexity index is 3620. The van der Waals surface area contributed by atoms with Crippen molar-refractivity contribution in [2.75, 3.05) is 4.90 Å². The summed E-state index contributed by atoms with van der Waals surface area (Å²) in [5, 5.41) is 4.59. The Balaban J connectivity index is 1.16. The Kier molecular flexibility index (Phi) is 8.83. The number of furan rings is 1. The van der Waals surface area contributed by atoms with Crippen LogP contribution in [0.25, 0.3) is 93.9 Å². The van der Waals surface area contributed by atoms with Crippen molar-refractivity contribution in [2.45, 2.75) is 0 Å². The van der Waals surface area contributed by atoms with Gasteiger partial charge in [-0.3, -0.25) is 0 Å². The van der Waals surface area contributed by atoms with Crippen molar-refractivity contribution in [3.63, 3.8) is 0 Å². The molecule has 0 spiro atoms. The van der Waals surface area contributed by atoms with E-state index in [9.17, 15) is 0 Å². The summed E-state index contributed by atoms with van der Waals surface area (Å²) >= 11 is 0. The summed E-state index contributed by atoms with van der Waals surface area (Å²) in [5.74, 6) is 0. The third-order valence-corrected chi connectivity index (χ3v) is 12.4. The lowest BCUT2D eigenvalue weighted by molar-refractivity contribution is 0.669. The van der Waals surface area contributed by atoms with Crippen LogP contribution >= 0.6 is 0 Å². The molecule has 2 heterocycles. The van der Waals surface area contributed by atoms with Gasteiger partial charge in [0.15, 0.2) is 5.58 Å². The number of anilines is 3. The Morgan fingerprint density at radius 1 is 0.317 bits per heavy atom. The zero-order valence-corrected chi connectivity index (χ0v) is 34.4. The van der Waals surface area contributed by atoms with Gasteiger partial charge in [-0.15, -0.1) is 0 Å². The van der Waals surface area contributed by atoms with E-state index in [0.29, 0.717) is 0 Å². The summed E-state index contributed by atoms with van der Waals surface area (Å²) < 4.78 is 9.23. The Morgan fingerprint density at radius 2 is 0.825 bits per heavy atom. The smallest absolute Gasteiger partial charge is 0.159 e. The molecule has 0 radical (unpaired) electrons. The maximum Gasteiger partial charge on any atom is 0.159 e. The highest BCUT2D eigenvalue weighted by atomic mass is 16.3. The largest absolute Gasteiger partial charge is 0.454 e. The normalized spacial score (nSPS) is 11.5. The van der Waals surface area contributed by atoms with E-state index in [0.717, 1.165) is 66.9 Å². The molecule has 0 fully saturated rings. The van der Waals surface area contributed by atoms with E-state index in [2.05, 4.69) is 246 Å². The molecule has 0 amide bonds. The highest BCUT2D eigenvalue weighted by Crippen LogP contribution is 2.48. The molecule has 3 heteroatoms. The lowest BCUT2D eigenvalue weighted by atomic mass is 9.86. The van der Waals surface area contributed by atoms with Gasteiger partial charge < -0.3 is 13.9 Å². The minimum Gasteiger partial charge on any atom is -0.454 e. The van der Waals surface area contributed by atoms with Gasteiger partial charge in [-0.1, -0.05) is 188 Å². The zero-order valence-electron chi connectivity index (χ0n) is 34.4. The number of hydrogen-bond donors (Lipinski definition) is 0. The Labute approximate surface area is 366 Å². The number of benzene rings is 10. The van der Waals surface area contributed by atoms with Gasteiger partial charge in [0.25, 0.3) is 0 Å². The standard InChI is InChI=1S/C60H40N2O/c1-4-19-41(20-5-1)46-25-10-12-27-48(46)50-37-35-44(39-55(50)49-28-13-11-26-47(49)42-21-6-2-7-22-42)61(57-33-18-31-54-53-30-15-17-34-59(53)63-60(54)57)45-36-38-52-51-29-14-16-32-56(51)62(58(52)40-45)43-23-8-3-9-24-43/h1-40H. The van der Waals surface area contributed by atoms with E-state index in [1.807, 2.05) is 6.07 Å². The lowest BCUT2D eigenvalue weighted by Gasteiger charge is -2.27. The second kappa shape index (κ2) is 15.3. The summed E-state index contributed by atoms with van der Waals surface area (Å²) in [6.45, 7) is 0. The van der Waals surface area contributed by atoms with Gasteiger partial charge in [-0.2, -0.15) is 0 Å². The van der Waals surface area contributed by atoms with E-state index in [4.69, 9.17) is 4.42 Å². The molecular weight excluding hydrogens is 765 g/mol. The van der Waals surface area contributed by atoms with E-state index in [-0.39, 0.29) is 0 Å². The van der Waals surface area contributed by atoms with Gasteiger partial charge >= 0.3 is 0 Å². The minimum absolute atomic E-state index is 0.840. The SMILES string of the molecule is c1ccc(-c2ccccc2-c2ccc(N(c3ccc4c5ccccc5n(-c5ccccc5)c4c3)c3cccc4c3oc3ccccc34)cc2-c2ccccc2-c2ccccc2)cc1. The van der Waals surface area contributed by atoms with Crippen LogP contribution in [0.2, 0.25) is 0 Å². The molecule has 63 heavy (non-hydrogen) atoms. The summed E-state index contributed by atoms with van der Waals surface area (Å²) in [4.78, 5) is 2.39. The average molecular weight is 805 g/mol. The summed E-state index contributed by atoms with van der Waals surface area (Å²) in [6.07, 6.45) is 0. The van der Waals surface area contributed by atoms with Crippen molar-refractivity contribution in [2.24, 2.45) is 0 Å². The molecule has 12 aromatic rings. The highest BCUT2D eigenvalue weighted by Gasteiger charge is 2.24. The van der Waals surface area contributed by atoms with Gasteiger partial charge in [0, 0.05) is 38.6 Å². The van der Waals surface area contributed by atoms with Gasteiger partial charge in [0.2, 0.25) is 0 Å². The predicted octanol–water partition coefficient (Wildman–Crippen LogP) is 16.8. The van der Waals surface area contributed by atoms with Crippen LogP contribution in [0.3, 0.4) is 0 Å². The van der Waals surface area contributed by atoms with Gasteiger partial charge in [-0.25, -0.2) is 0 Å². The molecule has 2 aromatic heterocycles. The molecule has 3 nitrogen and oxygen atoms in total. The van der Waals surface area contributed by atoms with Crippen molar-refractivity contribution in [3.8, 4) is 50.2 Å². The van der Waals surface area contributed by atoms with E-state index >= 15 is 0 Å². The first-order valence-corrected chi connectivity index (χ1v) is 21.5. The van der Waals surface area contributed by atoms with Crippen molar-refractivity contribution in [3.05, 3.63) is 243 Å². The molecule has 0 saturated carbocycles. The molecule has 0 aliphatic rings. The third kappa shape index (κ3) is 6.21. The summed E-state index contributed by atoms with van der Waals surface area (Å²) in [5.41, 5.74) is 17.5. The Hall–Kier alpha value is -8.40. The number of hydrogen-bond acceptors (Lipinski definition) is 2. The molecule has 296 valence electrons. The fraction of sp³-hybridized carbons (Fsp3) is 0. The van der Waals surface area contributed by atoms with Crippen LogP contribution in [-0.4, -0.2) is 4.57 Å². The van der Waals surface area contributed by atoms with Crippen LogP contribution in [0.1, 0.15) is 0 Å². The summed E-state index contributed by atoms with van der Waals surface area (Å²) in [6, 6.07) is 87.2. The number of para-hydroxylation sites is 4. The molecule has 10 aromatic carbocycles. The third-order valence-electron chi connectivity index (χ3n) is 12.4. The molecule has 0 atom stereocenters. The first kappa shape index (κ1) is 36.5. The van der Waals surface area contributed by atoms with Crippen LogP contribution in [0, 0.1) is 0 Å². The molecule has 0 N–H and O–H groups in total. The number of nitrogens with zero attached hydrogens (tertiary/aromatic N) is 2. The van der Waals surface area contributed by atoms with Crippen molar-refractivity contribution < 1.29 is 4.42 Å². The van der Waals surface area contributed by atoms with Crippen molar-refractivity contribution in [1.29, 1.82) is 0 Å². The highest BCUT2D eigenvalue weighted by molar-refractivity contribution is 6.13. The van der Waals surface area contributed by atoms with Crippen LogP contribution < -0.4 is 4.90 Å². The van der Waals surface area contributed by atoms with Crippen LogP contribution in [-0.2, 0) is 0 Å². The molecule has 0 saturated heterocycles. The van der Waals surface area contributed by atoms with Gasteiger partial charge in [0.05, 0.1) is 16.7 Å². The van der Waals surface area contributed by atoms with Crippen LogP contribution in [0.5, 0.6) is 0 Å². The monoisotopic (exact) mass is 804 g/mol. The quantitative estimate of drug-likeness (QED) is 0.153. The first-order valence-electron chi connectivity index (χ1n) is 21.5. The average Bonchev–Trinajstić information content (AvgIpc) is 3.91. The second-order valence-electron chi connectivity index (χ2n) is 16.0. The number of fused-ring (bicyclic) bond motifs is 6. The Morgan fingerprint density at radius 3 is 1.54 bits per heavy atom. The van der Waals surface area contributed by atoms with E-state index in [1.54, 1.807) is 0 Å².